The van der Waals surface area contributed by atoms with Gasteiger partial charge in [-0.25, -0.2) is 9.98 Å². The molecule has 2 heterocycles. The summed E-state index contributed by atoms with van der Waals surface area (Å²) in [6.07, 6.45) is 4.96. The molecule has 5 nitrogen and oxygen atoms in total. The molecule has 3 aromatic rings. The molecule has 6 heteroatoms. The molecule has 1 aromatic carbocycles. The summed E-state index contributed by atoms with van der Waals surface area (Å²) in [6, 6.07) is 6.38. The number of benzene rings is 1. The summed E-state index contributed by atoms with van der Waals surface area (Å²) in [5.74, 6) is 0.840. The van der Waals surface area contributed by atoms with Gasteiger partial charge in [-0.15, -0.1) is 11.3 Å². The second-order valence-electron chi connectivity index (χ2n) is 6.05. The normalized spacial score (nSPS) is 11.9. The summed E-state index contributed by atoms with van der Waals surface area (Å²) < 4.78 is 0. The van der Waals surface area contributed by atoms with Gasteiger partial charge in [-0.2, -0.15) is 0 Å². The lowest BCUT2D eigenvalue weighted by molar-refractivity contribution is 0.801. The zero-order valence-corrected chi connectivity index (χ0v) is 15.8. The highest BCUT2D eigenvalue weighted by molar-refractivity contribution is 7.11. The van der Waals surface area contributed by atoms with E-state index in [0.717, 1.165) is 30.5 Å². The summed E-state index contributed by atoms with van der Waals surface area (Å²) in [4.78, 5) is 13.6. The summed E-state index contributed by atoms with van der Waals surface area (Å²) >= 11 is 1.69. The van der Waals surface area contributed by atoms with E-state index in [2.05, 4.69) is 70.8 Å². The van der Waals surface area contributed by atoms with Gasteiger partial charge in [0.05, 0.1) is 6.54 Å². The van der Waals surface area contributed by atoms with Crippen molar-refractivity contribution < 1.29 is 0 Å². The van der Waals surface area contributed by atoms with Crippen LogP contribution in [0.3, 0.4) is 0 Å². The molecule has 0 saturated carbocycles. The zero-order chi connectivity index (χ0) is 17.6. The van der Waals surface area contributed by atoms with Crippen molar-refractivity contribution in [3.63, 3.8) is 0 Å². The Morgan fingerprint density at radius 2 is 2.16 bits per heavy atom. The Labute approximate surface area is 152 Å². The molecule has 0 atom stereocenters. The van der Waals surface area contributed by atoms with Gasteiger partial charge in [-0.1, -0.05) is 12.1 Å². The Balaban J connectivity index is 1.61. The fourth-order valence-corrected chi connectivity index (χ4v) is 3.64. The lowest BCUT2D eigenvalue weighted by Crippen LogP contribution is -2.38. The molecule has 0 fully saturated rings. The number of H-pyrrole nitrogens is 1. The summed E-state index contributed by atoms with van der Waals surface area (Å²) in [5.41, 5.74) is 3.86. The Morgan fingerprint density at radius 1 is 1.28 bits per heavy atom. The molecular weight excluding hydrogens is 330 g/mol. The van der Waals surface area contributed by atoms with Crippen molar-refractivity contribution in [1.29, 1.82) is 0 Å². The van der Waals surface area contributed by atoms with Crippen LogP contribution in [0.5, 0.6) is 0 Å². The number of guanidine groups is 1. The molecule has 25 heavy (non-hydrogen) atoms. The summed E-state index contributed by atoms with van der Waals surface area (Å²) in [7, 11) is 0. The molecule has 0 unspecified atom stereocenters. The van der Waals surface area contributed by atoms with E-state index >= 15 is 0 Å². The maximum absolute atomic E-state index is 4.63. The Morgan fingerprint density at radius 3 is 2.92 bits per heavy atom. The molecule has 0 aliphatic carbocycles. The molecule has 0 aliphatic rings. The zero-order valence-electron chi connectivity index (χ0n) is 15.0. The second kappa shape index (κ2) is 8.16. The fraction of sp³-hybridized carbons (Fsp3) is 0.368. The molecule has 0 saturated heterocycles. The molecule has 0 bridgehead atoms. The average Bonchev–Trinajstić information content (AvgIpc) is 3.20. The SMILES string of the molecule is CCNC(=NCc1ncc(C)s1)NCCc1c[nH]c2cccc(C)c12. The quantitative estimate of drug-likeness (QED) is 0.468. The molecule has 0 radical (unpaired) electrons. The first-order chi connectivity index (χ1) is 12.2. The Hall–Kier alpha value is -2.34. The van der Waals surface area contributed by atoms with Gasteiger partial charge in [0.15, 0.2) is 5.96 Å². The van der Waals surface area contributed by atoms with Crippen LogP contribution in [0.15, 0.2) is 35.6 Å². The molecule has 0 aliphatic heterocycles. The molecular formula is C19H25N5S. The van der Waals surface area contributed by atoms with Crippen molar-refractivity contribution in [3.05, 3.63) is 51.6 Å². The van der Waals surface area contributed by atoms with Gasteiger partial charge >= 0.3 is 0 Å². The number of aliphatic imine (C=N–C) groups is 1. The van der Waals surface area contributed by atoms with Crippen molar-refractivity contribution >= 4 is 28.2 Å². The van der Waals surface area contributed by atoms with E-state index in [1.165, 1.54) is 26.9 Å². The number of fused-ring (bicyclic) bond motifs is 1. The van der Waals surface area contributed by atoms with E-state index in [0.29, 0.717) is 6.54 Å². The molecule has 132 valence electrons. The number of nitrogens with one attached hydrogen (secondary N) is 3. The minimum Gasteiger partial charge on any atom is -0.361 e. The van der Waals surface area contributed by atoms with Crippen LogP contribution in [-0.4, -0.2) is 29.0 Å². The number of thiazole rings is 1. The van der Waals surface area contributed by atoms with Gasteiger partial charge in [-0.05, 0) is 44.4 Å². The molecule has 0 amide bonds. The van der Waals surface area contributed by atoms with Gasteiger partial charge in [0, 0.05) is 41.3 Å². The lowest BCUT2D eigenvalue weighted by atomic mass is 10.1. The average molecular weight is 356 g/mol. The third kappa shape index (κ3) is 4.39. The fourth-order valence-electron chi connectivity index (χ4n) is 2.93. The van der Waals surface area contributed by atoms with Crippen molar-refractivity contribution in [2.75, 3.05) is 13.1 Å². The van der Waals surface area contributed by atoms with E-state index in [-0.39, 0.29) is 0 Å². The van der Waals surface area contributed by atoms with Crippen LogP contribution in [0.4, 0.5) is 0 Å². The van der Waals surface area contributed by atoms with Crippen LogP contribution < -0.4 is 10.6 Å². The minimum atomic E-state index is 0.611. The van der Waals surface area contributed by atoms with E-state index in [9.17, 15) is 0 Å². The highest BCUT2D eigenvalue weighted by Crippen LogP contribution is 2.22. The van der Waals surface area contributed by atoms with Gasteiger partial charge < -0.3 is 15.6 Å². The van der Waals surface area contributed by atoms with Crippen molar-refractivity contribution in [3.8, 4) is 0 Å². The standard InChI is InChI=1S/C19H25N5S/c1-4-20-19(24-12-17-23-10-14(3)25-17)21-9-8-15-11-22-16-7-5-6-13(2)18(15)16/h5-7,10-11,22H,4,8-9,12H2,1-3H3,(H2,20,21,24). The largest absolute Gasteiger partial charge is 0.361 e. The van der Waals surface area contributed by atoms with Crippen LogP contribution in [0.1, 0.15) is 27.9 Å². The van der Waals surface area contributed by atoms with E-state index < -0.39 is 0 Å². The molecule has 2 aromatic heterocycles. The van der Waals surface area contributed by atoms with Gasteiger partial charge in [0.2, 0.25) is 0 Å². The number of aromatic nitrogens is 2. The van der Waals surface area contributed by atoms with E-state index in [1.54, 1.807) is 11.3 Å². The van der Waals surface area contributed by atoms with Crippen molar-refractivity contribution in [2.45, 2.75) is 33.7 Å². The smallest absolute Gasteiger partial charge is 0.191 e. The predicted octanol–water partition coefficient (Wildman–Crippen LogP) is 3.54. The number of aromatic amines is 1. The Bertz CT molecular complexity index is 862. The van der Waals surface area contributed by atoms with Crippen molar-refractivity contribution in [2.24, 2.45) is 4.99 Å². The predicted molar refractivity (Wildman–Crippen MR) is 106 cm³/mol. The van der Waals surface area contributed by atoms with Crippen LogP contribution in [0, 0.1) is 13.8 Å². The highest BCUT2D eigenvalue weighted by atomic mass is 32.1. The maximum Gasteiger partial charge on any atom is 0.191 e. The third-order valence-electron chi connectivity index (χ3n) is 4.07. The topological polar surface area (TPSA) is 65.1 Å². The van der Waals surface area contributed by atoms with Gasteiger partial charge in [0.25, 0.3) is 0 Å². The van der Waals surface area contributed by atoms with Crippen LogP contribution >= 0.6 is 11.3 Å². The first kappa shape index (κ1) is 17.5. The molecule has 3 rings (SSSR count). The van der Waals surface area contributed by atoms with E-state index in [4.69, 9.17) is 0 Å². The maximum atomic E-state index is 4.63. The number of aryl methyl sites for hydroxylation is 2. The van der Waals surface area contributed by atoms with Crippen LogP contribution in [0.2, 0.25) is 0 Å². The first-order valence-electron chi connectivity index (χ1n) is 8.66. The van der Waals surface area contributed by atoms with E-state index in [1.807, 2.05) is 6.20 Å². The molecule has 3 N–H and O–H groups in total. The minimum absolute atomic E-state index is 0.611. The number of hydrogen-bond donors (Lipinski definition) is 3. The van der Waals surface area contributed by atoms with Crippen molar-refractivity contribution in [1.82, 2.24) is 20.6 Å². The summed E-state index contributed by atoms with van der Waals surface area (Å²) in [6.45, 7) is 8.60. The van der Waals surface area contributed by atoms with Crippen LogP contribution in [0.25, 0.3) is 10.9 Å². The Kier molecular flexibility index (Phi) is 5.71. The lowest BCUT2D eigenvalue weighted by Gasteiger charge is -2.11. The second-order valence-corrected chi connectivity index (χ2v) is 7.37. The third-order valence-corrected chi connectivity index (χ3v) is 4.97. The summed E-state index contributed by atoms with van der Waals surface area (Å²) in [5, 5.41) is 9.10. The number of rotatable bonds is 6. The molecule has 0 spiro atoms. The number of hydrogen-bond acceptors (Lipinski definition) is 3. The highest BCUT2D eigenvalue weighted by Gasteiger charge is 2.06. The first-order valence-corrected chi connectivity index (χ1v) is 9.48. The monoisotopic (exact) mass is 355 g/mol. The van der Waals surface area contributed by atoms with Crippen LogP contribution in [-0.2, 0) is 13.0 Å². The van der Waals surface area contributed by atoms with Gasteiger partial charge in [-0.3, -0.25) is 0 Å². The number of nitrogens with zero attached hydrogens (tertiary/aromatic N) is 2. The van der Waals surface area contributed by atoms with Gasteiger partial charge in [0.1, 0.15) is 5.01 Å².